The van der Waals surface area contributed by atoms with Crippen LogP contribution in [0.2, 0.25) is 5.02 Å². The summed E-state index contributed by atoms with van der Waals surface area (Å²) in [6.45, 7) is 1.87. The summed E-state index contributed by atoms with van der Waals surface area (Å²) in [5.41, 5.74) is 8.88. The van der Waals surface area contributed by atoms with E-state index in [0.717, 1.165) is 0 Å². The van der Waals surface area contributed by atoms with Crippen molar-refractivity contribution in [3.05, 3.63) is 53.2 Å². The smallest absolute Gasteiger partial charge is 0.287 e. The van der Waals surface area contributed by atoms with Gasteiger partial charge < -0.3 is 16.0 Å². The van der Waals surface area contributed by atoms with E-state index in [1.54, 1.807) is 35.1 Å². The van der Waals surface area contributed by atoms with Crippen LogP contribution in [0.5, 0.6) is 0 Å². The largest absolute Gasteiger partial charge is 0.396 e. The first-order valence-electron chi connectivity index (χ1n) is 8.55. The Balaban J connectivity index is 1.43. The molecule has 4 rings (SSSR count). The molecule has 28 heavy (non-hydrogen) atoms. The number of carbonyl (C=O) groups excluding carboxylic acids is 1. The van der Waals surface area contributed by atoms with Gasteiger partial charge in [-0.3, -0.25) is 4.79 Å². The van der Waals surface area contributed by atoms with Crippen molar-refractivity contribution in [1.82, 2.24) is 29.9 Å². The molecule has 9 heteroatoms. The number of nitrogens with one attached hydrogen (secondary N) is 2. The zero-order valence-electron chi connectivity index (χ0n) is 14.9. The van der Waals surface area contributed by atoms with Gasteiger partial charge in [-0.15, -0.1) is 0 Å². The standard InChI is InChI=1S/C19H16ClN7O/c1-11(4-2-5-12-10-22-18-14(21)8-9-23-27(12)18)24-19(28)17-25-15-7-3-6-13(20)16(15)26-17/h3,6-11H,4,21H2,1H3,(H,24,28)(H,25,26). The molecule has 0 radical (unpaired) electrons. The zero-order valence-corrected chi connectivity index (χ0v) is 15.7. The van der Waals surface area contributed by atoms with Gasteiger partial charge in [0.05, 0.1) is 28.6 Å². The average Bonchev–Trinajstić information content (AvgIpc) is 3.28. The molecule has 8 nitrogen and oxygen atoms in total. The van der Waals surface area contributed by atoms with Crippen molar-refractivity contribution in [1.29, 1.82) is 0 Å². The Morgan fingerprint density at radius 1 is 1.43 bits per heavy atom. The van der Waals surface area contributed by atoms with Crippen LogP contribution < -0.4 is 11.1 Å². The van der Waals surface area contributed by atoms with Gasteiger partial charge in [0.1, 0.15) is 11.2 Å². The Morgan fingerprint density at radius 2 is 2.29 bits per heavy atom. The molecule has 3 aromatic heterocycles. The quantitative estimate of drug-likeness (QED) is 0.462. The van der Waals surface area contributed by atoms with E-state index in [2.05, 4.69) is 37.2 Å². The first-order chi connectivity index (χ1) is 13.5. The van der Waals surface area contributed by atoms with Crippen LogP contribution in [0.4, 0.5) is 5.69 Å². The summed E-state index contributed by atoms with van der Waals surface area (Å²) in [4.78, 5) is 23.8. The molecule has 0 aliphatic rings. The molecule has 0 bridgehead atoms. The highest BCUT2D eigenvalue weighted by molar-refractivity contribution is 6.35. The van der Waals surface area contributed by atoms with E-state index in [0.29, 0.717) is 39.5 Å². The zero-order chi connectivity index (χ0) is 19.7. The highest BCUT2D eigenvalue weighted by atomic mass is 35.5. The summed E-state index contributed by atoms with van der Waals surface area (Å²) in [6, 6.07) is 6.85. The first-order valence-corrected chi connectivity index (χ1v) is 8.93. The molecular formula is C19H16ClN7O. The van der Waals surface area contributed by atoms with Crippen LogP contribution in [0.1, 0.15) is 29.7 Å². The van der Waals surface area contributed by atoms with Crippen LogP contribution in [-0.4, -0.2) is 36.5 Å². The van der Waals surface area contributed by atoms with Gasteiger partial charge in [-0.25, -0.2) is 14.5 Å². The summed E-state index contributed by atoms with van der Waals surface area (Å²) in [6.07, 6.45) is 3.66. The van der Waals surface area contributed by atoms with Crippen molar-refractivity contribution < 1.29 is 4.79 Å². The third-order valence-electron chi connectivity index (χ3n) is 4.11. The van der Waals surface area contributed by atoms with Gasteiger partial charge in [-0.2, -0.15) is 5.10 Å². The monoisotopic (exact) mass is 393 g/mol. The number of fused-ring (bicyclic) bond motifs is 2. The van der Waals surface area contributed by atoms with Crippen LogP contribution >= 0.6 is 11.6 Å². The van der Waals surface area contributed by atoms with Gasteiger partial charge in [0.15, 0.2) is 11.5 Å². The predicted molar refractivity (Wildman–Crippen MR) is 107 cm³/mol. The van der Waals surface area contributed by atoms with Gasteiger partial charge in [-0.1, -0.05) is 23.6 Å². The summed E-state index contributed by atoms with van der Waals surface area (Å²) in [7, 11) is 0. The highest BCUT2D eigenvalue weighted by Gasteiger charge is 2.14. The minimum Gasteiger partial charge on any atom is -0.396 e. The second-order valence-electron chi connectivity index (χ2n) is 6.27. The lowest BCUT2D eigenvalue weighted by Gasteiger charge is -2.08. The molecule has 0 spiro atoms. The number of benzene rings is 1. The molecule has 0 fully saturated rings. The molecule has 4 aromatic rings. The van der Waals surface area contributed by atoms with Crippen molar-refractivity contribution in [2.75, 3.05) is 5.73 Å². The van der Waals surface area contributed by atoms with E-state index in [1.807, 2.05) is 13.0 Å². The summed E-state index contributed by atoms with van der Waals surface area (Å²) in [5.74, 6) is 5.94. The van der Waals surface area contributed by atoms with Crippen LogP contribution in [0.15, 0.2) is 36.7 Å². The number of hydrogen-bond acceptors (Lipinski definition) is 5. The number of rotatable bonds is 3. The van der Waals surface area contributed by atoms with Gasteiger partial charge in [0.25, 0.3) is 5.91 Å². The topological polar surface area (TPSA) is 114 Å². The van der Waals surface area contributed by atoms with Gasteiger partial charge in [0, 0.05) is 12.5 Å². The van der Waals surface area contributed by atoms with Crippen LogP contribution in [0, 0.1) is 11.8 Å². The summed E-state index contributed by atoms with van der Waals surface area (Å²) >= 11 is 6.10. The number of carbonyl (C=O) groups is 1. The fraction of sp³-hybridized carbons (Fsp3) is 0.158. The van der Waals surface area contributed by atoms with E-state index in [4.69, 9.17) is 17.3 Å². The lowest BCUT2D eigenvalue weighted by molar-refractivity contribution is 0.0931. The fourth-order valence-electron chi connectivity index (χ4n) is 2.74. The molecule has 140 valence electrons. The lowest BCUT2D eigenvalue weighted by atomic mass is 10.2. The van der Waals surface area contributed by atoms with Crippen LogP contribution in [0.3, 0.4) is 0 Å². The first kappa shape index (κ1) is 17.8. The second-order valence-corrected chi connectivity index (χ2v) is 6.67. The van der Waals surface area contributed by atoms with Crippen molar-refractivity contribution in [2.45, 2.75) is 19.4 Å². The molecule has 1 atom stereocenters. The van der Waals surface area contributed by atoms with Gasteiger partial charge in [0.2, 0.25) is 0 Å². The maximum atomic E-state index is 12.4. The summed E-state index contributed by atoms with van der Waals surface area (Å²) < 4.78 is 1.59. The lowest BCUT2D eigenvalue weighted by Crippen LogP contribution is -2.32. The summed E-state index contributed by atoms with van der Waals surface area (Å²) in [5, 5.41) is 7.56. The maximum Gasteiger partial charge on any atom is 0.287 e. The number of amides is 1. The van der Waals surface area contributed by atoms with Crippen LogP contribution in [0.25, 0.3) is 16.7 Å². The highest BCUT2D eigenvalue weighted by Crippen LogP contribution is 2.20. The minimum absolute atomic E-state index is 0.180. The number of imidazole rings is 2. The number of H-pyrrole nitrogens is 1. The Bertz CT molecular complexity index is 1250. The molecule has 3 heterocycles. The number of aromatic nitrogens is 5. The number of halogens is 1. The minimum atomic E-state index is -0.314. The van der Waals surface area contributed by atoms with Crippen molar-refractivity contribution >= 4 is 39.9 Å². The SMILES string of the molecule is CC(CC#Cc1cnc2c(N)ccnn12)NC(=O)c1nc2c(Cl)cccc2[nH]1. The Labute approximate surface area is 165 Å². The number of aromatic amines is 1. The Hall–Kier alpha value is -3.57. The number of nitrogen functional groups attached to an aromatic ring is 1. The number of anilines is 1. The third-order valence-corrected chi connectivity index (χ3v) is 4.42. The number of nitrogens with two attached hydrogens (primary N) is 1. The molecule has 0 saturated heterocycles. The molecular weight excluding hydrogens is 378 g/mol. The van der Waals surface area contributed by atoms with Crippen molar-refractivity contribution in [3.8, 4) is 11.8 Å². The molecule has 0 aliphatic heterocycles. The molecule has 4 N–H and O–H groups in total. The molecule has 1 aromatic carbocycles. The van der Waals surface area contributed by atoms with Crippen molar-refractivity contribution in [2.24, 2.45) is 0 Å². The van der Waals surface area contributed by atoms with E-state index >= 15 is 0 Å². The molecule has 0 saturated carbocycles. The molecule has 1 unspecified atom stereocenters. The Morgan fingerprint density at radius 3 is 3.11 bits per heavy atom. The fourth-order valence-corrected chi connectivity index (χ4v) is 2.96. The van der Waals surface area contributed by atoms with Crippen molar-refractivity contribution in [3.63, 3.8) is 0 Å². The van der Waals surface area contributed by atoms with E-state index < -0.39 is 0 Å². The number of hydrogen-bond donors (Lipinski definition) is 3. The average molecular weight is 394 g/mol. The molecule has 1 amide bonds. The molecule has 0 aliphatic carbocycles. The second kappa shape index (κ2) is 7.21. The number of nitrogens with zero attached hydrogens (tertiary/aromatic N) is 4. The normalized spacial score (nSPS) is 11.9. The number of para-hydroxylation sites is 1. The van der Waals surface area contributed by atoms with E-state index in [1.165, 1.54) is 0 Å². The third kappa shape index (κ3) is 3.35. The predicted octanol–water partition coefficient (Wildman–Crippen LogP) is 2.40. The van der Waals surface area contributed by atoms with Gasteiger partial charge in [-0.05, 0) is 31.0 Å². The van der Waals surface area contributed by atoms with E-state index in [9.17, 15) is 4.79 Å². The van der Waals surface area contributed by atoms with Gasteiger partial charge >= 0.3 is 0 Å². The van der Waals surface area contributed by atoms with E-state index in [-0.39, 0.29) is 17.8 Å². The maximum absolute atomic E-state index is 12.4. The van der Waals surface area contributed by atoms with Crippen LogP contribution in [-0.2, 0) is 0 Å². The Kier molecular flexibility index (Phi) is 4.59.